The number of rotatable bonds is 7. The van der Waals surface area contributed by atoms with Crippen LogP contribution in [0.1, 0.15) is 80.6 Å². The summed E-state index contributed by atoms with van der Waals surface area (Å²) in [5.41, 5.74) is 2.52. The second-order valence-electron chi connectivity index (χ2n) is 13.7. The largest absolute Gasteiger partial charge is 0.459 e. The average Bonchev–Trinajstić information content (AvgIpc) is 2.94. The first-order valence-electron chi connectivity index (χ1n) is 16.0. The quantitative estimate of drug-likeness (QED) is 0.217. The molecule has 43 heavy (non-hydrogen) atoms. The molecular weight excluding hydrogens is 558 g/mol. The van der Waals surface area contributed by atoms with Gasteiger partial charge in [0.05, 0.1) is 29.8 Å². The van der Waals surface area contributed by atoms with E-state index >= 15 is 0 Å². The summed E-state index contributed by atoms with van der Waals surface area (Å²) in [7, 11) is 3.75. The highest BCUT2D eigenvalue weighted by Gasteiger charge is 2.49. The molecule has 2 saturated heterocycles. The Labute approximate surface area is 258 Å². The van der Waals surface area contributed by atoms with Gasteiger partial charge in [-0.05, 0) is 100 Å². The maximum Gasteiger partial charge on any atom is 0.311 e. The first kappa shape index (κ1) is 38.3. The predicted molar refractivity (Wildman–Crippen MR) is 163 cm³/mol. The number of carbonyl (C=O) groups excluding carboxylic acids is 1. The maximum absolute atomic E-state index is 13.4. The lowest BCUT2D eigenvalue weighted by Gasteiger charge is -2.46. The van der Waals surface area contributed by atoms with Crippen LogP contribution in [0.4, 0.5) is 0 Å². The topological polar surface area (TPSA) is 178 Å². The van der Waals surface area contributed by atoms with Crippen molar-refractivity contribution in [2.75, 3.05) is 33.7 Å². The van der Waals surface area contributed by atoms with Crippen molar-refractivity contribution in [2.24, 2.45) is 17.6 Å². The van der Waals surface area contributed by atoms with Crippen molar-refractivity contribution in [3.63, 3.8) is 0 Å². The average molecular weight is 620 g/mol. The first-order valence-corrected chi connectivity index (χ1v) is 16.0. The minimum atomic E-state index is -1.77. The molecule has 2 heterocycles. The second-order valence-corrected chi connectivity index (χ2v) is 13.7. The van der Waals surface area contributed by atoms with Gasteiger partial charge in [0.25, 0.3) is 0 Å². The number of ether oxygens (including phenoxy) is 3. The Bertz CT molecular complexity index is 860. The molecule has 12 heteroatoms. The molecule has 0 radical (unpaired) electrons. The molecule has 0 aromatic heterocycles. The number of cyclic esters (lactones) is 1. The van der Waals surface area contributed by atoms with Gasteiger partial charge in [-0.3, -0.25) is 9.69 Å². The zero-order valence-corrected chi connectivity index (χ0v) is 27.8. The highest BCUT2D eigenvalue weighted by Crippen LogP contribution is 2.35. The summed E-state index contributed by atoms with van der Waals surface area (Å²) in [6.07, 6.45) is -4.67. The molecule has 2 aliphatic rings. The van der Waals surface area contributed by atoms with Crippen molar-refractivity contribution in [2.45, 2.75) is 147 Å². The van der Waals surface area contributed by atoms with Crippen LogP contribution in [0.2, 0.25) is 0 Å². The Balaban J connectivity index is 2.51. The van der Waals surface area contributed by atoms with E-state index in [0.717, 1.165) is 0 Å². The van der Waals surface area contributed by atoms with Crippen molar-refractivity contribution in [3.8, 4) is 0 Å². The Hall–Kier alpha value is -0.930. The van der Waals surface area contributed by atoms with Crippen molar-refractivity contribution >= 4 is 5.97 Å². The third-order valence-corrected chi connectivity index (χ3v) is 9.76. The Morgan fingerprint density at radius 1 is 1.09 bits per heavy atom. The Kier molecular flexibility index (Phi) is 14.3. The number of hydrogen-bond donors (Lipinski definition) is 6. The predicted octanol–water partition coefficient (Wildman–Crippen LogP) is 0.449. The molecule has 2 aliphatic heterocycles. The van der Waals surface area contributed by atoms with Crippen molar-refractivity contribution in [1.82, 2.24) is 9.80 Å². The fourth-order valence-electron chi connectivity index (χ4n) is 6.75. The fourth-order valence-corrected chi connectivity index (χ4v) is 6.75. The van der Waals surface area contributed by atoms with Gasteiger partial charge in [-0.15, -0.1) is 0 Å². The monoisotopic (exact) mass is 619 g/mol. The summed E-state index contributed by atoms with van der Waals surface area (Å²) in [5, 5.41) is 57.4. The highest BCUT2D eigenvalue weighted by atomic mass is 16.7. The second kappa shape index (κ2) is 16.1. The number of likely N-dealkylation sites (N-methyl/N-ethyl adjacent to an activating group) is 1. The fraction of sp³-hybridized carbons (Fsp3) is 0.968. The van der Waals surface area contributed by atoms with Gasteiger partial charge in [0, 0.05) is 18.0 Å². The lowest BCUT2D eigenvalue weighted by Crippen LogP contribution is -2.59. The summed E-state index contributed by atoms with van der Waals surface area (Å²) in [6, 6.07) is -0.758. The Morgan fingerprint density at radius 2 is 1.72 bits per heavy atom. The van der Waals surface area contributed by atoms with Crippen molar-refractivity contribution in [1.29, 1.82) is 0 Å². The SMILES string of the molecule is CC[C@H]1OC(=O)[C@H](C)[C@@H](O)[C@H](C)[C@@H](O[C@@H]2O[C@H](C)C[C@H](N(C)C)[C@H]2O)C(C)(O)CCCN(CCCN)[C@H](C)[C@@H](O)[C@]1(C)O. The van der Waals surface area contributed by atoms with Gasteiger partial charge in [0.15, 0.2) is 6.29 Å². The van der Waals surface area contributed by atoms with Gasteiger partial charge < -0.3 is 50.4 Å². The smallest absolute Gasteiger partial charge is 0.311 e. The molecule has 12 nitrogen and oxygen atoms in total. The van der Waals surface area contributed by atoms with E-state index in [1.165, 1.54) is 13.8 Å². The van der Waals surface area contributed by atoms with Gasteiger partial charge in [0.2, 0.25) is 0 Å². The van der Waals surface area contributed by atoms with Gasteiger partial charge >= 0.3 is 5.97 Å². The van der Waals surface area contributed by atoms with E-state index in [-0.39, 0.29) is 25.0 Å². The molecule has 0 spiro atoms. The standard InChI is InChI=1S/C31H61N3O9/c1-10-23-31(7,40)26(37)21(5)34(16-12-14-32)15-11-13-30(6,39)27(19(3)24(35)20(4)28(38)42-23)43-29-25(36)22(33(8)9)17-18(2)41-29/h18-27,29,35-37,39-40H,10-17,32H2,1-9H3/t18-,19+,20-,21-,22+,23-,24+,25-,26-,27-,29+,30?,31-/m1/s1. The van der Waals surface area contributed by atoms with E-state index in [1.807, 2.05) is 37.7 Å². The van der Waals surface area contributed by atoms with E-state index in [0.29, 0.717) is 38.9 Å². The molecule has 0 bridgehead atoms. The van der Waals surface area contributed by atoms with Crippen LogP contribution < -0.4 is 5.73 Å². The van der Waals surface area contributed by atoms with Crippen LogP contribution in [-0.2, 0) is 19.0 Å². The summed E-state index contributed by atoms with van der Waals surface area (Å²) in [5.74, 6) is -2.57. The third kappa shape index (κ3) is 9.31. The number of nitrogens with two attached hydrogens (primary N) is 1. The van der Waals surface area contributed by atoms with Crippen LogP contribution in [0.5, 0.6) is 0 Å². The molecule has 0 saturated carbocycles. The van der Waals surface area contributed by atoms with E-state index in [2.05, 4.69) is 0 Å². The third-order valence-electron chi connectivity index (χ3n) is 9.76. The van der Waals surface area contributed by atoms with Crippen LogP contribution in [0, 0.1) is 11.8 Å². The molecule has 0 aliphatic carbocycles. The van der Waals surface area contributed by atoms with Gasteiger partial charge in [-0.2, -0.15) is 0 Å². The summed E-state index contributed by atoms with van der Waals surface area (Å²) in [4.78, 5) is 17.3. The normalized spacial score (nSPS) is 44.9. The number of esters is 1. The molecule has 0 amide bonds. The first-order chi connectivity index (χ1) is 19.9. The van der Waals surface area contributed by atoms with Crippen LogP contribution in [-0.4, -0.2) is 141 Å². The molecule has 254 valence electrons. The van der Waals surface area contributed by atoms with E-state index < -0.39 is 71.9 Å². The molecule has 2 rings (SSSR count). The molecule has 7 N–H and O–H groups in total. The lowest BCUT2D eigenvalue weighted by molar-refractivity contribution is -0.298. The van der Waals surface area contributed by atoms with Crippen LogP contribution in [0.15, 0.2) is 0 Å². The van der Waals surface area contributed by atoms with E-state index in [4.69, 9.17) is 19.9 Å². The number of aliphatic hydroxyl groups is 5. The van der Waals surface area contributed by atoms with Crippen LogP contribution >= 0.6 is 0 Å². The molecule has 1 unspecified atom stereocenters. The molecule has 13 atom stereocenters. The van der Waals surface area contributed by atoms with E-state index in [9.17, 15) is 30.3 Å². The Morgan fingerprint density at radius 3 is 2.28 bits per heavy atom. The highest BCUT2D eigenvalue weighted by molar-refractivity contribution is 5.73. The van der Waals surface area contributed by atoms with Gasteiger partial charge in [-0.1, -0.05) is 13.8 Å². The number of nitrogens with zero attached hydrogens (tertiary/aromatic N) is 2. The van der Waals surface area contributed by atoms with Crippen LogP contribution in [0.25, 0.3) is 0 Å². The molecular formula is C31H61N3O9. The summed E-state index contributed by atoms with van der Waals surface area (Å²) in [6.45, 7) is 13.3. The molecule has 2 fully saturated rings. The van der Waals surface area contributed by atoms with E-state index in [1.54, 1.807) is 20.8 Å². The zero-order chi connectivity index (χ0) is 32.9. The van der Waals surface area contributed by atoms with Crippen molar-refractivity contribution < 1.29 is 44.5 Å². The van der Waals surface area contributed by atoms with Crippen molar-refractivity contribution in [3.05, 3.63) is 0 Å². The lowest BCUT2D eigenvalue weighted by atomic mass is 9.79. The zero-order valence-electron chi connectivity index (χ0n) is 27.8. The van der Waals surface area contributed by atoms with Crippen LogP contribution in [0.3, 0.4) is 0 Å². The van der Waals surface area contributed by atoms with Gasteiger partial charge in [-0.25, -0.2) is 0 Å². The van der Waals surface area contributed by atoms with Gasteiger partial charge in [0.1, 0.15) is 23.9 Å². The minimum absolute atomic E-state index is 0.218. The minimum Gasteiger partial charge on any atom is -0.459 e. The number of hydrogen-bond acceptors (Lipinski definition) is 12. The maximum atomic E-state index is 13.4. The molecule has 0 aromatic carbocycles. The summed E-state index contributed by atoms with van der Waals surface area (Å²) >= 11 is 0. The number of aliphatic hydroxyl groups excluding tert-OH is 3. The summed E-state index contributed by atoms with van der Waals surface area (Å²) < 4.78 is 18.2. The number of carbonyl (C=O) groups is 1. The molecule has 0 aromatic rings.